The molecular formula is C10H11NO2. The van der Waals surface area contributed by atoms with Gasteiger partial charge in [0.25, 0.3) is 0 Å². The number of nitrogens with one attached hydrogen (secondary N) is 1. The molecule has 0 fully saturated rings. The fourth-order valence-electron chi connectivity index (χ4n) is 1.06. The number of phenols is 1. The van der Waals surface area contributed by atoms with Gasteiger partial charge in [-0.05, 0) is 32.0 Å². The van der Waals surface area contributed by atoms with Crippen LogP contribution < -0.4 is 0 Å². The minimum absolute atomic E-state index is 0.0394. The molecule has 0 radical (unpaired) electrons. The molecule has 1 aromatic carbocycles. The van der Waals surface area contributed by atoms with Gasteiger partial charge < -0.3 is 10.5 Å². The van der Waals surface area contributed by atoms with E-state index in [1.807, 2.05) is 0 Å². The van der Waals surface area contributed by atoms with E-state index >= 15 is 0 Å². The number of rotatable bonds is 2. The van der Waals surface area contributed by atoms with Crippen LogP contribution >= 0.6 is 0 Å². The van der Waals surface area contributed by atoms with Crippen molar-refractivity contribution in [3.8, 4) is 5.75 Å². The van der Waals surface area contributed by atoms with Crippen molar-refractivity contribution in [2.75, 3.05) is 0 Å². The van der Waals surface area contributed by atoms with Gasteiger partial charge in [0.2, 0.25) is 0 Å². The fourth-order valence-corrected chi connectivity index (χ4v) is 1.06. The van der Waals surface area contributed by atoms with Gasteiger partial charge in [0.05, 0.1) is 0 Å². The fraction of sp³-hybridized carbons (Fsp3) is 0.200. The van der Waals surface area contributed by atoms with Crippen LogP contribution in [0.15, 0.2) is 18.2 Å². The smallest absolute Gasteiger partial charge is 0.159 e. The molecule has 1 rings (SSSR count). The van der Waals surface area contributed by atoms with Gasteiger partial charge in [-0.15, -0.1) is 0 Å². The normalized spacial score (nSPS) is 9.69. The summed E-state index contributed by atoms with van der Waals surface area (Å²) in [5.41, 5.74) is 1.17. The Kier molecular flexibility index (Phi) is 2.46. The average Bonchev–Trinajstić information content (AvgIpc) is 2.04. The van der Waals surface area contributed by atoms with E-state index < -0.39 is 0 Å². The molecule has 0 unspecified atom stereocenters. The molecule has 0 atom stereocenters. The van der Waals surface area contributed by atoms with Crippen LogP contribution in [0.4, 0.5) is 0 Å². The van der Waals surface area contributed by atoms with Gasteiger partial charge >= 0.3 is 0 Å². The second-order valence-electron chi connectivity index (χ2n) is 2.91. The van der Waals surface area contributed by atoms with Gasteiger partial charge in [0, 0.05) is 16.8 Å². The Balaban J connectivity index is 3.27. The lowest BCUT2D eigenvalue weighted by molar-refractivity contribution is 0.101. The van der Waals surface area contributed by atoms with E-state index in [1.165, 1.54) is 19.1 Å². The van der Waals surface area contributed by atoms with E-state index in [-0.39, 0.29) is 17.2 Å². The zero-order valence-corrected chi connectivity index (χ0v) is 7.59. The molecule has 0 spiro atoms. The molecule has 0 saturated heterocycles. The third-order valence-corrected chi connectivity index (χ3v) is 1.81. The van der Waals surface area contributed by atoms with Crippen LogP contribution in [0.2, 0.25) is 0 Å². The highest BCUT2D eigenvalue weighted by Crippen LogP contribution is 2.18. The maximum absolute atomic E-state index is 11.0. The first-order chi connectivity index (χ1) is 6.02. The van der Waals surface area contributed by atoms with Crippen LogP contribution in [0, 0.1) is 5.41 Å². The third kappa shape index (κ3) is 1.93. The second-order valence-corrected chi connectivity index (χ2v) is 2.91. The topological polar surface area (TPSA) is 61.2 Å². The molecule has 0 aromatic heterocycles. The minimum atomic E-state index is -0.0671. The molecule has 2 N–H and O–H groups in total. The standard InChI is InChI=1S/C10H11NO2/c1-6(11)9-5-8(7(2)12)3-4-10(9)13/h3-5,11,13H,1-2H3. The van der Waals surface area contributed by atoms with Crippen molar-refractivity contribution < 1.29 is 9.90 Å². The predicted molar refractivity (Wildman–Crippen MR) is 50.6 cm³/mol. The van der Waals surface area contributed by atoms with Gasteiger partial charge in [-0.1, -0.05) is 0 Å². The van der Waals surface area contributed by atoms with Crippen molar-refractivity contribution in [2.24, 2.45) is 0 Å². The molecule has 0 heterocycles. The van der Waals surface area contributed by atoms with E-state index in [1.54, 1.807) is 13.0 Å². The van der Waals surface area contributed by atoms with E-state index in [0.717, 1.165) is 0 Å². The van der Waals surface area contributed by atoms with Crippen LogP contribution in [0.1, 0.15) is 29.8 Å². The number of hydrogen-bond acceptors (Lipinski definition) is 3. The molecule has 0 bridgehead atoms. The lowest BCUT2D eigenvalue weighted by atomic mass is 10.0. The summed E-state index contributed by atoms with van der Waals surface area (Å²) in [6.07, 6.45) is 0. The number of hydrogen-bond donors (Lipinski definition) is 2. The highest BCUT2D eigenvalue weighted by molar-refractivity contribution is 6.02. The summed E-state index contributed by atoms with van der Waals surface area (Å²) in [5.74, 6) is -0.0278. The summed E-state index contributed by atoms with van der Waals surface area (Å²) in [5, 5.41) is 16.7. The predicted octanol–water partition coefficient (Wildman–Crippen LogP) is 1.98. The van der Waals surface area contributed by atoms with Crippen LogP contribution in [0.5, 0.6) is 5.75 Å². The number of carbonyl (C=O) groups excluding carboxylic acids is 1. The maximum atomic E-state index is 11.0. The largest absolute Gasteiger partial charge is 0.507 e. The summed E-state index contributed by atoms with van der Waals surface area (Å²) in [7, 11) is 0. The van der Waals surface area contributed by atoms with Gasteiger partial charge in [-0.3, -0.25) is 4.79 Å². The van der Waals surface area contributed by atoms with Crippen molar-refractivity contribution in [2.45, 2.75) is 13.8 Å². The molecule has 0 amide bonds. The zero-order chi connectivity index (χ0) is 10.0. The Morgan fingerprint density at radius 3 is 2.46 bits per heavy atom. The van der Waals surface area contributed by atoms with Gasteiger partial charge in [-0.2, -0.15) is 0 Å². The van der Waals surface area contributed by atoms with E-state index in [0.29, 0.717) is 11.1 Å². The number of carbonyl (C=O) groups is 1. The Bertz CT molecular complexity index is 369. The lowest BCUT2D eigenvalue weighted by Crippen LogP contribution is -1.98. The monoisotopic (exact) mass is 177 g/mol. The van der Waals surface area contributed by atoms with Gasteiger partial charge in [-0.25, -0.2) is 0 Å². The SMILES string of the molecule is CC(=N)c1cc(C(C)=O)ccc1O. The van der Waals surface area contributed by atoms with Gasteiger partial charge in [0.1, 0.15) is 5.75 Å². The van der Waals surface area contributed by atoms with Crippen LogP contribution in [0.3, 0.4) is 0 Å². The first kappa shape index (κ1) is 9.45. The number of Topliss-reactive ketones (excluding diaryl/α,β-unsaturated/α-hetero) is 1. The number of ketones is 1. The van der Waals surface area contributed by atoms with Crippen molar-refractivity contribution in [1.29, 1.82) is 5.41 Å². The highest BCUT2D eigenvalue weighted by Gasteiger charge is 2.06. The molecule has 0 aliphatic rings. The molecule has 3 heteroatoms. The summed E-state index contributed by atoms with van der Waals surface area (Å²) in [4.78, 5) is 11.0. The minimum Gasteiger partial charge on any atom is -0.507 e. The molecule has 0 aliphatic heterocycles. The molecule has 3 nitrogen and oxygen atoms in total. The average molecular weight is 177 g/mol. The second kappa shape index (κ2) is 3.39. The van der Waals surface area contributed by atoms with E-state index in [2.05, 4.69) is 0 Å². The Morgan fingerprint density at radius 2 is 2.00 bits per heavy atom. The zero-order valence-electron chi connectivity index (χ0n) is 7.59. The van der Waals surface area contributed by atoms with Crippen LogP contribution in [-0.2, 0) is 0 Å². The molecule has 0 aliphatic carbocycles. The summed E-state index contributed by atoms with van der Waals surface area (Å²) in [6, 6.07) is 4.51. The molecule has 0 saturated carbocycles. The van der Waals surface area contributed by atoms with Crippen molar-refractivity contribution in [3.63, 3.8) is 0 Å². The third-order valence-electron chi connectivity index (χ3n) is 1.81. The maximum Gasteiger partial charge on any atom is 0.159 e. The highest BCUT2D eigenvalue weighted by atomic mass is 16.3. The Hall–Kier alpha value is -1.64. The first-order valence-electron chi connectivity index (χ1n) is 3.92. The van der Waals surface area contributed by atoms with E-state index in [9.17, 15) is 9.90 Å². The van der Waals surface area contributed by atoms with Gasteiger partial charge in [0.15, 0.2) is 5.78 Å². The lowest BCUT2D eigenvalue weighted by Gasteiger charge is -2.03. The molecule has 1 aromatic rings. The van der Waals surface area contributed by atoms with Crippen molar-refractivity contribution >= 4 is 11.5 Å². The van der Waals surface area contributed by atoms with Crippen molar-refractivity contribution in [1.82, 2.24) is 0 Å². The molecule has 68 valence electrons. The number of phenolic OH excluding ortho intramolecular Hbond substituents is 1. The first-order valence-corrected chi connectivity index (χ1v) is 3.92. The van der Waals surface area contributed by atoms with E-state index in [4.69, 9.17) is 5.41 Å². The quantitative estimate of drug-likeness (QED) is 0.536. The summed E-state index contributed by atoms with van der Waals surface area (Å²) in [6.45, 7) is 3.02. The molecular weight excluding hydrogens is 166 g/mol. The Morgan fingerprint density at radius 1 is 1.38 bits per heavy atom. The molecule has 13 heavy (non-hydrogen) atoms. The number of benzene rings is 1. The number of aromatic hydroxyl groups is 1. The summed E-state index contributed by atoms with van der Waals surface area (Å²) < 4.78 is 0. The van der Waals surface area contributed by atoms with Crippen LogP contribution in [0.25, 0.3) is 0 Å². The summed E-state index contributed by atoms with van der Waals surface area (Å²) >= 11 is 0. The van der Waals surface area contributed by atoms with Crippen LogP contribution in [-0.4, -0.2) is 16.6 Å². The van der Waals surface area contributed by atoms with Crippen molar-refractivity contribution in [3.05, 3.63) is 29.3 Å². The Labute approximate surface area is 76.5 Å².